The molecule has 6 heteroatoms. The Kier molecular flexibility index (Phi) is 3.79. The molecule has 1 aliphatic rings. The molecule has 1 aromatic heterocycles. The largest absolute Gasteiger partial charge is 0.313 e. The molecule has 1 aliphatic heterocycles. The lowest BCUT2D eigenvalue weighted by Crippen LogP contribution is -2.28. The molecule has 0 amide bonds. The second-order valence-electron chi connectivity index (χ2n) is 5.62. The molecule has 0 fully saturated rings. The Balaban J connectivity index is 1.84. The van der Waals surface area contributed by atoms with E-state index < -0.39 is 0 Å². The second-order valence-corrected chi connectivity index (χ2v) is 6.49. The molecule has 24 heavy (non-hydrogen) atoms. The van der Waals surface area contributed by atoms with Crippen molar-refractivity contribution in [2.24, 2.45) is 0 Å². The molecule has 0 radical (unpaired) electrons. The van der Waals surface area contributed by atoms with Crippen molar-refractivity contribution in [1.29, 1.82) is 0 Å². The quantitative estimate of drug-likeness (QED) is 0.669. The molecule has 0 bridgehead atoms. The molecule has 120 valence electrons. The van der Waals surface area contributed by atoms with E-state index in [0.717, 1.165) is 27.8 Å². The van der Waals surface area contributed by atoms with Crippen molar-refractivity contribution in [3.8, 4) is 0 Å². The van der Waals surface area contributed by atoms with E-state index in [9.17, 15) is 0 Å². The van der Waals surface area contributed by atoms with Gasteiger partial charge in [0.2, 0.25) is 5.95 Å². The lowest BCUT2D eigenvalue weighted by atomic mass is 10.0. The minimum atomic E-state index is -0.0401. The maximum Gasteiger partial charge on any atom is 0.228 e. The lowest BCUT2D eigenvalue weighted by molar-refractivity contribution is 0.599. The summed E-state index contributed by atoms with van der Waals surface area (Å²) in [5.41, 5.74) is 3.24. The van der Waals surface area contributed by atoms with Crippen LogP contribution in [0.4, 0.5) is 5.95 Å². The third-order valence-electron chi connectivity index (χ3n) is 4.15. The molecule has 4 nitrogen and oxygen atoms in total. The molecule has 1 atom stereocenters. The van der Waals surface area contributed by atoms with E-state index in [-0.39, 0.29) is 6.04 Å². The van der Waals surface area contributed by atoms with Crippen LogP contribution in [0.25, 0.3) is 5.70 Å². The van der Waals surface area contributed by atoms with Gasteiger partial charge in [-0.15, -0.1) is 0 Å². The molecule has 0 saturated carbocycles. The molecule has 3 aromatic rings. The van der Waals surface area contributed by atoms with Gasteiger partial charge in [0.1, 0.15) is 12.4 Å². The van der Waals surface area contributed by atoms with E-state index in [1.165, 1.54) is 0 Å². The lowest BCUT2D eigenvalue weighted by Gasteiger charge is -2.31. The summed E-state index contributed by atoms with van der Waals surface area (Å²) < 4.78 is 1.91. The van der Waals surface area contributed by atoms with E-state index in [1.807, 2.05) is 65.2 Å². The number of anilines is 1. The van der Waals surface area contributed by atoms with Gasteiger partial charge in [-0.1, -0.05) is 47.5 Å². The molecular weight excluding hydrogens is 343 g/mol. The third-order valence-corrected chi connectivity index (χ3v) is 4.65. The maximum atomic E-state index is 6.02. The van der Waals surface area contributed by atoms with E-state index >= 15 is 0 Å². The number of benzene rings is 2. The van der Waals surface area contributed by atoms with Crippen LogP contribution in [0.15, 0.2) is 60.9 Å². The van der Waals surface area contributed by atoms with Gasteiger partial charge in [-0.2, -0.15) is 10.1 Å². The molecule has 2 heterocycles. The fourth-order valence-corrected chi connectivity index (χ4v) is 3.18. The van der Waals surface area contributed by atoms with Crippen LogP contribution in [0, 0.1) is 0 Å². The first-order valence-electron chi connectivity index (χ1n) is 7.50. The summed E-state index contributed by atoms with van der Waals surface area (Å²) >= 11 is 12.0. The Morgan fingerprint density at radius 3 is 2.21 bits per heavy atom. The summed E-state index contributed by atoms with van der Waals surface area (Å²) in [7, 11) is 1.99. The number of fused-ring (bicyclic) bond motifs is 1. The SMILES string of the molecule is CN1C(c2ccc(Cl)cc2)=C[C@H](c2ccc(Cl)cc2)n2ncnc21. The van der Waals surface area contributed by atoms with Gasteiger partial charge in [-0.25, -0.2) is 4.68 Å². The highest BCUT2D eigenvalue weighted by Crippen LogP contribution is 2.35. The summed E-state index contributed by atoms with van der Waals surface area (Å²) in [5.74, 6) is 0.794. The van der Waals surface area contributed by atoms with Crippen molar-refractivity contribution in [2.75, 3.05) is 11.9 Å². The zero-order chi connectivity index (χ0) is 16.7. The predicted octanol–water partition coefficient (Wildman–Crippen LogP) is 4.67. The summed E-state index contributed by atoms with van der Waals surface area (Å²) in [6.45, 7) is 0. The van der Waals surface area contributed by atoms with Crippen LogP contribution in [-0.2, 0) is 0 Å². The standard InChI is InChI=1S/C18H14Cl2N4/c1-23-16(12-2-6-14(19)7-3-12)10-17(24-18(23)21-11-22-24)13-4-8-15(20)9-5-13/h2-11,17H,1H3/t17-/m1/s1. The third kappa shape index (κ3) is 2.58. The molecule has 0 unspecified atom stereocenters. The predicted molar refractivity (Wildman–Crippen MR) is 97.4 cm³/mol. The van der Waals surface area contributed by atoms with Crippen molar-refractivity contribution in [3.05, 3.63) is 82.1 Å². The van der Waals surface area contributed by atoms with Gasteiger partial charge in [0.05, 0.1) is 0 Å². The van der Waals surface area contributed by atoms with Crippen LogP contribution in [0.2, 0.25) is 10.0 Å². The number of hydrogen-bond donors (Lipinski definition) is 0. The zero-order valence-electron chi connectivity index (χ0n) is 12.9. The van der Waals surface area contributed by atoms with Gasteiger partial charge in [-0.05, 0) is 41.5 Å². The first-order valence-corrected chi connectivity index (χ1v) is 8.25. The number of rotatable bonds is 2. The molecule has 0 spiro atoms. The summed E-state index contributed by atoms with van der Waals surface area (Å²) in [5, 5.41) is 5.83. The van der Waals surface area contributed by atoms with Crippen LogP contribution in [0.3, 0.4) is 0 Å². The highest BCUT2D eigenvalue weighted by Gasteiger charge is 2.27. The molecule has 0 aliphatic carbocycles. The average molecular weight is 357 g/mol. The van der Waals surface area contributed by atoms with E-state index in [1.54, 1.807) is 6.33 Å². The number of nitrogens with zero attached hydrogens (tertiary/aromatic N) is 4. The summed E-state index contributed by atoms with van der Waals surface area (Å²) in [6.07, 6.45) is 3.75. The minimum absolute atomic E-state index is 0.0401. The van der Waals surface area contributed by atoms with Crippen molar-refractivity contribution >= 4 is 34.8 Å². The average Bonchev–Trinajstić information content (AvgIpc) is 3.08. The smallest absolute Gasteiger partial charge is 0.228 e. The van der Waals surface area contributed by atoms with Gasteiger partial charge in [0, 0.05) is 22.8 Å². The number of allylic oxidation sites excluding steroid dienone is 1. The van der Waals surface area contributed by atoms with Crippen LogP contribution in [-0.4, -0.2) is 21.8 Å². The highest BCUT2D eigenvalue weighted by atomic mass is 35.5. The maximum absolute atomic E-state index is 6.02. The second kappa shape index (κ2) is 5.96. The number of hydrogen-bond acceptors (Lipinski definition) is 3. The van der Waals surface area contributed by atoms with Gasteiger partial charge in [0.25, 0.3) is 0 Å². The molecule has 2 aromatic carbocycles. The monoisotopic (exact) mass is 356 g/mol. The Labute approximate surface area is 150 Å². The van der Waals surface area contributed by atoms with Crippen LogP contribution < -0.4 is 4.90 Å². The Morgan fingerprint density at radius 1 is 0.917 bits per heavy atom. The van der Waals surface area contributed by atoms with Crippen LogP contribution >= 0.6 is 23.2 Å². The van der Waals surface area contributed by atoms with Crippen LogP contribution in [0.1, 0.15) is 17.2 Å². The fraction of sp³-hybridized carbons (Fsp3) is 0.111. The van der Waals surface area contributed by atoms with Crippen molar-refractivity contribution in [2.45, 2.75) is 6.04 Å². The van der Waals surface area contributed by atoms with Crippen molar-refractivity contribution in [3.63, 3.8) is 0 Å². The molecule has 0 saturated heterocycles. The van der Waals surface area contributed by atoms with Gasteiger partial charge < -0.3 is 4.90 Å². The summed E-state index contributed by atoms with van der Waals surface area (Å²) in [4.78, 5) is 6.44. The van der Waals surface area contributed by atoms with E-state index in [4.69, 9.17) is 23.2 Å². The zero-order valence-corrected chi connectivity index (χ0v) is 14.4. The number of halogens is 2. The topological polar surface area (TPSA) is 34.0 Å². The Bertz CT molecular complexity index is 898. The minimum Gasteiger partial charge on any atom is -0.313 e. The van der Waals surface area contributed by atoms with Crippen LogP contribution in [0.5, 0.6) is 0 Å². The van der Waals surface area contributed by atoms with Gasteiger partial charge in [0.15, 0.2) is 0 Å². The van der Waals surface area contributed by atoms with E-state index in [0.29, 0.717) is 5.02 Å². The van der Waals surface area contributed by atoms with E-state index in [2.05, 4.69) is 16.2 Å². The normalized spacial score (nSPS) is 16.7. The Morgan fingerprint density at radius 2 is 1.54 bits per heavy atom. The number of aromatic nitrogens is 3. The van der Waals surface area contributed by atoms with Crippen molar-refractivity contribution in [1.82, 2.24) is 14.8 Å². The Hall–Kier alpha value is -2.30. The highest BCUT2D eigenvalue weighted by molar-refractivity contribution is 6.30. The molecule has 4 rings (SSSR count). The summed E-state index contributed by atoms with van der Waals surface area (Å²) in [6, 6.07) is 15.6. The molecule has 0 N–H and O–H groups in total. The van der Waals surface area contributed by atoms with Gasteiger partial charge in [-0.3, -0.25) is 0 Å². The first-order chi connectivity index (χ1) is 11.6. The van der Waals surface area contributed by atoms with Crippen molar-refractivity contribution < 1.29 is 0 Å². The van der Waals surface area contributed by atoms with Gasteiger partial charge >= 0.3 is 0 Å². The first kappa shape index (κ1) is 15.2. The fourth-order valence-electron chi connectivity index (χ4n) is 2.93. The molecular formula is C18H14Cl2N4.